The Balaban J connectivity index is 2.97. The van der Waals surface area contributed by atoms with E-state index in [-0.39, 0.29) is 11.8 Å². The van der Waals surface area contributed by atoms with Gasteiger partial charge < -0.3 is 10.8 Å². The van der Waals surface area contributed by atoms with Crippen molar-refractivity contribution in [3.8, 4) is 0 Å². The van der Waals surface area contributed by atoms with Crippen LogP contribution in [0.2, 0.25) is 0 Å². The van der Waals surface area contributed by atoms with Gasteiger partial charge in [0.15, 0.2) is 0 Å². The summed E-state index contributed by atoms with van der Waals surface area (Å²) in [4.78, 5) is 10.6. The molecule has 3 heteroatoms. The van der Waals surface area contributed by atoms with Crippen LogP contribution in [0, 0.1) is 0 Å². The second kappa shape index (κ2) is 5.71. The first kappa shape index (κ1) is 14.3. The number of aliphatic carboxylic acids is 1. The molecule has 0 aliphatic rings. The number of carboxylic acids is 1. The summed E-state index contributed by atoms with van der Waals surface area (Å²) in [5.41, 5.74) is 8.53. The molecule has 0 heterocycles. The molecule has 18 heavy (non-hydrogen) atoms. The predicted octanol–water partition coefficient (Wildman–Crippen LogP) is 3.36. The van der Waals surface area contributed by atoms with E-state index in [1.165, 1.54) is 0 Å². The Kier molecular flexibility index (Phi) is 4.54. The van der Waals surface area contributed by atoms with Gasteiger partial charge in [-0.3, -0.25) is 4.79 Å². The van der Waals surface area contributed by atoms with Crippen molar-refractivity contribution in [2.45, 2.75) is 38.5 Å². The van der Waals surface area contributed by atoms with Crippen LogP contribution in [0.25, 0.3) is 0 Å². The standard InChI is InChI=1S/C15H21NO2/c1-11(2)15(3,10-6-9-14(17)18)12-7-4-5-8-13(12)16/h4-5,7-8H,1,6,9-10,16H2,2-3H3,(H,17,18)/t15-/m0/s1. The maximum Gasteiger partial charge on any atom is 0.303 e. The molecule has 1 atom stereocenters. The first-order valence-electron chi connectivity index (χ1n) is 6.10. The van der Waals surface area contributed by atoms with Gasteiger partial charge in [0.05, 0.1) is 0 Å². The largest absolute Gasteiger partial charge is 0.481 e. The minimum absolute atomic E-state index is 0.176. The average Bonchev–Trinajstić information content (AvgIpc) is 2.28. The minimum atomic E-state index is -0.764. The van der Waals surface area contributed by atoms with Crippen molar-refractivity contribution in [3.05, 3.63) is 42.0 Å². The van der Waals surface area contributed by atoms with Crippen LogP contribution in [-0.4, -0.2) is 11.1 Å². The number of rotatable bonds is 6. The number of carboxylic acid groups (broad SMARTS) is 1. The van der Waals surface area contributed by atoms with Gasteiger partial charge >= 0.3 is 5.97 Å². The van der Waals surface area contributed by atoms with E-state index in [0.717, 1.165) is 23.2 Å². The topological polar surface area (TPSA) is 63.3 Å². The maximum atomic E-state index is 10.6. The van der Waals surface area contributed by atoms with Crippen LogP contribution in [0.1, 0.15) is 38.7 Å². The van der Waals surface area contributed by atoms with E-state index < -0.39 is 5.97 Å². The number of nitrogen functional groups attached to an aromatic ring is 1. The fourth-order valence-electron chi connectivity index (χ4n) is 2.17. The molecule has 0 saturated heterocycles. The number of benzene rings is 1. The van der Waals surface area contributed by atoms with Gasteiger partial charge in [-0.25, -0.2) is 0 Å². The third-order valence-electron chi connectivity index (χ3n) is 3.56. The fraction of sp³-hybridized carbons (Fsp3) is 0.400. The number of carbonyl (C=O) groups is 1. The van der Waals surface area contributed by atoms with Crippen LogP contribution in [0.15, 0.2) is 36.4 Å². The first-order chi connectivity index (χ1) is 8.38. The van der Waals surface area contributed by atoms with Crippen LogP contribution in [0.3, 0.4) is 0 Å². The van der Waals surface area contributed by atoms with Crippen molar-refractivity contribution in [2.24, 2.45) is 0 Å². The number of hydrogen-bond donors (Lipinski definition) is 2. The minimum Gasteiger partial charge on any atom is -0.481 e. The molecule has 0 aromatic heterocycles. The summed E-state index contributed by atoms with van der Waals surface area (Å²) in [7, 11) is 0. The van der Waals surface area contributed by atoms with Gasteiger partial charge in [0, 0.05) is 17.5 Å². The summed E-state index contributed by atoms with van der Waals surface area (Å²) in [5.74, 6) is -0.764. The number of para-hydroxylation sites is 1. The van der Waals surface area contributed by atoms with E-state index in [2.05, 4.69) is 13.5 Å². The third-order valence-corrected chi connectivity index (χ3v) is 3.56. The van der Waals surface area contributed by atoms with Gasteiger partial charge in [0.2, 0.25) is 0 Å². The van der Waals surface area contributed by atoms with Crippen LogP contribution in [0.5, 0.6) is 0 Å². The Labute approximate surface area is 108 Å². The van der Waals surface area contributed by atoms with E-state index in [9.17, 15) is 4.79 Å². The third kappa shape index (κ3) is 3.13. The molecule has 0 unspecified atom stereocenters. The van der Waals surface area contributed by atoms with Gasteiger partial charge in [-0.2, -0.15) is 0 Å². The lowest BCUT2D eigenvalue weighted by atomic mass is 9.73. The Morgan fingerprint density at radius 1 is 1.44 bits per heavy atom. The Bertz CT molecular complexity index is 454. The van der Waals surface area contributed by atoms with E-state index in [0.29, 0.717) is 6.42 Å². The summed E-state index contributed by atoms with van der Waals surface area (Å²) in [5, 5.41) is 8.73. The van der Waals surface area contributed by atoms with E-state index in [1.807, 2.05) is 31.2 Å². The van der Waals surface area contributed by atoms with Crippen LogP contribution in [-0.2, 0) is 10.2 Å². The smallest absolute Gasteiger partial charge is 0.303 e. The molecule has 1 aromatic rings. The fourth-order valence-corrected chi connectivity index (χ4v) is 2.17. The van der Waals surface area contributed by atoms with Gasteiger partial charge in [-0.05, 0) is 31.4 Å². The Hall–Kier alpha value is -1.77. The Morgan fingerprint density at radius 3 is 2.56 bits per heavy atom. The van der Waals surface area contributed by atoms with Gasteiger partial charge in [-0.1, -0.05) is 37.3 Å². The van der Waals surface area contributed by atoms with E-state index in [1.54, 1.807) is 0 Å². The van der Waals surface area contributed by atoms with Gasteiger partial charge in [0.25, 0.3) is 0 Å². The highest BCUT2D eigenvalue weighted by atomic mass is 16.4. The lowest BCUT2D eigenvalue weighted by Crippen LogP contribution is -2.24. The number of nitrogens with two attached hydrogens (primary N) is 1. The molecule has 1 rings (SSSR count). The van der Waals surface area contributed by atoms with Crippen molar-refractivity contribution >= 4 is 11.7 Å². The first-order valence-corrected chi connectivity index (χ1v) is 6.10. The van der Waals surface area contributed by atoms with Crippen molar-refractivity contribution in [3.63, 3.8) is 0 Å². The molecule has 0 saturated carbocycles. The zero-order valence-electron chi connectivity index (χ0n) is 11.1. The molecule has 0 aliphatic carbocycles. The lowest BCUT2D eigenvalue weighted by Gasteiger charge is -2.32. The summed E-state index contributed by atoms with van der Waals surface area (Å²) >= 11 is 0. The molecular formula is C15H21NO2. The summed E-state index contributed by atoms with van der Waals surface area (Å²) < 4.78 is 0. The van der Waals surface area contributed by atoms with E-state index in [4.69, 9.17) is 10.8 Å². The Morgan fingerprint density at radius 2 is 2.06 bits per heavy atom. The molecule has 3 nitrogen and oxygen atoms in total. The zero-order valence-corrected chi connectivity index (χ0v) is 11.1. The summed E-state index contributed by atoms with van der Waals surface area (Å²) in [6.07, 6.45) is 1.53. The summed E-state index contributed by atoms with van der Waals surface area (Å²) in [6.45, 7) is 8.08. The monoisotopic (exact) mass is 247 g/mol. The van der Waals surface area contributed by atoms with Crippen LogP contribution >= 0.6 is 0 Å². The quantitative estimate of drug-likeness (QED) is 0.598. The molecule has 0 amide bonds. The highest BCUT2D eigenvalue weighted by Crippen LogP contribution is 2.38. The molecule has 98 valence electrons. The number of hydrogen-bond acceptors (Lipinski definition) is 2. The second-order valence-electron chi connectivity index (χ2n) is 4.95. The molecular weight excluding hydrogens is 226 g/mol. The zero-order chi connectivity index (χ0) is 13.8. The number of allylic oxidation sites excluding steroid dienone is 1. The van der Waals surface area contributed by atoms with Crippen molar-refractivity contribution < 1.29 is 9.90 Å². The summed E-state index contributed by atoms with van der Waals surface area (Å²) in [6, 6.07) is 7.71. The van der Waals surface area contributed by atoms with Gasteiger partial charge in [-0.15, -0.1) is 0 Å². The number of anilines is 1. The average molecular weight is 247 g/mol. The lowest BCUT2D eigenvalue weighted by molar-refractivity contribution is -0.137. The molecule has 0 aliphatic heterocycles. The molecule has 0 fully saturated rings. The van der Waals surface area contributed by atoms with Crippen molar-refractivity contribution in [1.29, 1.82) is 0 Å². The molecule has 0 radical (unpaired) electrons. The highest BCUT2D eigenvalue weighted by molar-refractivity contribution is 5.66. The molecule has 0 spiro atoms. The molecule has 0 bridgehead atoms. The van der Waals surface area contributed by atoms with Crippen molar-refractivity contribution in [2.75, 3.05) is 5.73 Å². The maximum absolute atomic E-state index is 10.6. The normalized spacial score (nSPS) is 13.9. The van der Waals surface area contributed by atoms with Crippen LogP contribution < -0.4 is 5.73 Å². The van der Waals surface area contributed by atoms with Gasteiger partial charge in [0.1, 0.15) is 0 Å². The van der Waals surface area contributed by atoms with Crippen molar-refractivity contribution in [1.82, 2.24) is 0 Å². The molecule has 1 aromatic carbocycles. The SMILES string of the molecule is C=C(C)[C@](C)(CCCC(=O)O)c1ccccc1N. The predicted molar refractivity (Wildman–Crippen MR) is 74.5 cm³/mol. The molecule has 3 N–H and O–H groups in total. The highest BCUT2D eigenvalue weighted by Gasteiger charge is 2.29. The van der Waals surface area contributed by atoms with Crippen LogP contribution in [0.4, 0.5) is 5.69 Å². The van der Waals surface area contributed by atoms with E-state index >= 15 is 0 Å². The second-order valence-corrected chi connectivity index (χ2v) is 4.95.